The number of nitrogens with two attached hydrogens (primary N) is 1. The number of rotatable bonds is 5. The first kappa shape index (κ1) is 15.6. The van der Waals surface area contributed by atoms with E-state index in [0.29, 0.717) is 19.0 Å². The van der Waals surface area contributed by atoms with Gasteiger partial charge in [-0.15, -0.1) is 0 Å². The minimum absolute atomic E-state index is 0.355. The first-order valence-corrected chi connectivity index (χ1v) is 8.59. The molecule has 1 unspecified atom stereocenters. The molecule has 4 rings (SSSR count). The summed E-state index contributed by atoms with van der Waals surface area (Å²) in [5.74, 6) is -3.51. The molecule has 2 aromatic carbocycles. The molecule has 0 radical (unpaired) electrons. The van der Waals surface area contributed by atoms with E-state index in [0.717, 1.165) is 24.2 Å². The number of hydrogen-bond donors (Lipinski definition) is 1. The van der Waals surface area contributed by atoms with Gasteiger partial charge in [-0.2, -0.15) is 0 Å². The molecule has 4 heteroatoms. The lowest BCUT2D eigenvalue weighted by Crippen LogP contribution is -2.26. The van der Waals surface area contributed by atoms with Crippen molar-refractivity contribution < 1.29 is 8.78 Å². The summed E-state index contributed by atoms with van der Waals surface area (Å²) >= 11 is 0. The van der Waals surface area contributed by atoms with Gasteiger partial charge in [0.25, 0.3) is 5.92 Å². The van der Waals surface area contributed by atoms with Gasteiger partial charge in [0.2, 0.25) is 0 Å². The summed E-state index contributed by atoms with van der Waals surface area (Å²) in [5, 5.41) is 0. The van der Waals surface area contributed by atoms with Crippen LogP contribution in [0.5, 0.6) is 0 Å². The van der Waals surface area contributed by atoms with Gasteiger partial charge < -0.3 is 10.6 Å². The molecular formula is C20H22F2N2. The van der Waals surface area contributed by atoms with Gasteiger partial charge in [-0.3, -0.25) is 0 Å². The second kappa shape index (κ2) is 5.85. The molecule has 126 valence electrons. The van der Waals surface area contributed by atoms with Gasteiger partial charge in [0.05, 0.1) is 11.8 Å². The maximum absolute atomic E-state index is 14.4. The molecule has 1 fully saturated rings. The van der Waals surface area contributed by atoms with E-state index in [2.05, 4.69) is 11.0 Å². The quantitative estimate of drug-likeness (QED) is 0.899. The summed E-state index contributed by atoms with van der Waals surface area (Å²) < 4.78 is 28.7. The summed E-state index contributed by atoms with van der Waals surface area (Å²) in [6.45, 7) is 1.83. The molecule has 24 heavy (non-hydrogen) atoms. The topological polar surface area (TPSA) is 29.3 Å². The Hall–Kier alpha value is -1.94. The lowest BCUT2D eigenvalue weighted by molar-refractivity contribution is 0.0943. The van der Waals surface area contributed by atoms with Crippen molar-refractivity contribution in [2.75, 3.05) is 24.5 Å². The third kappa shape index (κ3) is 2.49. The van der Waals surface area contributed by atoms with E-state index in [-0.39, 0.29) is 0 Å². The first-order valence-electron chi connectivity index (χ1n) is 8.59. The molecule has 1 aliphatic carbocycles. The van der Waals surface area contributed by atoms with E-state index in [4.69, 9.17) is 5.73 Å². The third-order valence-electron chi connectivity index (χ3n) is 5.45. The van der Waals surface area contributed by atoms with Crippen LogP contribution in [0.1, 0.15) is 29.4 Å². The Morgan fingerprint density at radius 2 is 1.75 bits per heavy atom. The first-order chi connectivity index (χ1) is 11.6. The van der Waals surface area contributed by atoms with Crippen LogP contribution in [0.25, 0.3) is 0 Å². The van der Waals surface area contributed by atoms with E-state index >= 15 is 0 Å². The second-order valence-electron chi connectivity index (χ2n) is 6.91. The molecule has 0 saturated heterocycles. The maximum Gasteiger partial charge on any atom is 0.260 e. The highest BCUT2D eigenvalue weighted by Crippen LogP contribution is 2.62. The van der Waals surface area contributed by atoms with Crippen LogP contribution in [0.15, 0.2) is 54.6 Å². The van der Waals surface area contributed by atoms with Crippen LogP contribution >= 0.6 is 0 Å². The van der Waals surface area contributed by atoms with Crippen LogP contribution in [-0.2, 0) is 0 Å². The van der Waals surface area contributed by atoms with Gasteiger partial charge in [0.1, 0.15) is 0 Å². The zero-order valence-electron chi connectivity index (χ0n) is 13.5. The number of halogens is 2. The average molecular weight is 328 g/mol. The Labute approximate surface area is 141 Å². The molecule has 2 nitrogen and oxygen atoms in total. The summed E-state index contributed by atoms with van der Waals surface area (Å²) in [5.41, 5.74) is 8.83. The zero-order valence-corrected chi connectivity index (χ0v) is 13.5. The van der Waals surface area contributed by atoms with Crippen LogP contribution in [0.2, 0.25) is 0 Å². The van der Waals surface area contributed by atoms with Crippen molar-refractivity contribution in [1.82, 2.24) is 0 Å². The van der Waals surface area contributed by atoms with E-state index in [1.54, 1.807) is 0 Å². The molecule has 0 spiro atoms. The van der Waals surface area contributed by atoms with Crippen molar-refractivity contribution >= 4 is 5.69 Å². The fraction of sp³-hybridized carbons (Fsp3) is 0.400. The summed E-state index contributed by atoms with van der Waals surface area (Å²) in [6, 6.07) is 17.3. The van der Waals surface area contributed by atoms with E-state index < -0.39 is 17.8 Å². The minimum Gasteiger partial charge on any atom is -0.370 e. The van der Waals surface area contributed by atoms with Crippen molar-refractivity contribution in [3.8, 4) is 0 Å². The van der Waals surface area contributed by atoms with Gasteiger partial charge in [-0.25, -0.2) is 8.78 Å². The molecular weight excluding hydrogens is 306 g/mol. The lowest BCUT2D eigenvalue weighted by Gasteiger charge is -2.20. The molecule has 0 bridgehead atoms. The molecule has 2 aliphatic rings. The molecule has 1 saturated carbocycles. The van der Waals surface area contributed by atoms with Gasteiger partial charge in [-0.1, -0.05) is 48.5 Å². The zero-order chi connectivity index (χ0) is 16.7. The van der Waals surface area contributed by atoms with Gasteiger partial charge in [-0.05, 0) is 30.2 Å². The van der Waals surface area contributed by atoms with Crippen LogP contribution in [0.3, 0.4) is 0 Å². The van der Waals surface area contributed by atoms with Crippen molar-refractivity contribution in [2.24, 2.45) is 11.7 Å². The predicted octanol–water partition coefficient (Wildman–Crippen LogP) is 3.99. The fourth-order valence-electron chi connectivity index (χ4n) is 4.17. The molecule has 1 heterocycles. The number of hydrogen-bond acceptors (Lipinski definition) is 2. The summed E-state index contributed by atoms with van der Waals surface area (Å²) in [6.07, 6.45) is 0.899. The number of fused-ring (bicyclic) bond motifs is 1. The highest BCUT2D eigenvalue weighted by atomic mass is 19.3. The number of alkyl halides is 2. The largest absolute Gasteiger partial charge is 0.370 e. The lowest BCUT2D eigenvalue weighted by atomic mass is 9.98. The highest BCUT2D eigenvalue weighted by molar-refractivity contribution is 5.60. The molecule has 0 amide bonds. The van der Waals surface area contributed by atoms with E-state index in [1.807, 2.05) is 48.5 Å². The number of anilines is 1. The van der Waals surface area contributed by atoms with Crippen LogP contribution in [0.4, 0.5) is 14.5 Å². The number of benzene rings is 2. The monoisotopic (exact) mass is 328 g/mol. The van der Waals surface area contributed by atoms with Crippen molar-refractivity contribution in [1.29, 1.82) is 0 Å². The standard InChI is InChI=1S/C20H22F2N2/c21-20(22)17(19(20)14-6-2-1-3-7-14)13-24-12-15(10-11-23)16-8-4-5-9-18(16)24/h1-9,15,17,19H,10-13,23H2/t15?,17-,19-/m1/s1. The Bertz CT molecular complexity index is 717. The van der Waals surface area contributed by atoms with Crippen LogP contribution < -0.4 is 10.6 Å². The summed E-state index contributed by atoms with van der Waals surface area (Å²) in [4.78, 5) is 2.14. The number of nitrogens with zero attached hydrogens (tertiary/aromatic N) is 1. The van der Waals surface area contributed by atoms with Crippen molar-refractivity contribution in [3.05, 3.63) is 65.7 Å². The molecule has 2 aromatic rings. The van der Waals surface area contributed by atoms with Crippen molar-refractivity contribution in [3.63, 3.8) is 0 Å². The van der Waals surface area contributed by atoms with Crippen LogP contribution in [-0.4, -0.2) is 25.6 Å². The molecule has 1 aliphatic heterocycles. The van der Waals surface area contributed by atoms with Gasteiger partial charge in [0, 0.05) is 24.7 Å². The Morgan fingerprint density at radius 3 is 2.50 bits per heavy atom. The third-order valence-corrected chi connectivity index (χ3v) is 5.45. The minimum atomic E-state index is -2.61. The molecule has 2 N–H and O–H groups in total. The average Bonchev–Trinajstić information content (AvgIpc) is 2.96. The second-order valence-corrected chi connectivity index (χ2v) is 6.91. The predicted molar refractivity (Wildman–Crippen MR) is 92.7 cm³/mol. The summed E-state index contributed by atoms with van der Waals surface area (Å²) in [7, 11) is 0. The fourth-order valence-corrected chi connectivity index (χ4v) is 4.17. The number of para-hydroxylation sites is 1. The van der Waals surface area contributed by atoms with E-state index in [1.165, 1.54) is 5.56 Å². The van der Waals surface area contributed by atoms with Gasteiger partial charge in [0.15, 0.2) is 0 Å². The normalized spacial score (nSPS) is 27.1. The molecule has 0 aromatic heterocycles. The highest BCUT2D eigenvalue weighted by Gasteiger charge is 2.68. The van der Waals surface area contributed by atoms with Crippen LogP contribution in [0, 0.1) is 5.92 Å². The Kier molecular flexibility index (Phi) is 3.80. The van der Waals surface area contributed by atoms with E-state index in [9.17, 15) is 8.78 Å². The van der Waals surface area contributed by atoms with Gasteiger partial charge >= 0.3 is 0 Å². The maximum atomic E-state index is 14.4. The van der Waals surface area contributed by atoms with Crippen molar-refractivity contribution in [2.45, 2.75) is 24.2 Å². The molecule has 3 atom stereocenters. The SMILES string of the molecule is NCCC1CN(C[C@@H]2[C@@H](c3ccccc3)C2(F)F)c2ccccc21. The smallest absolute Gasteiger partial charge is 0.260 e. The Morgan fingerprint density at radius 1 is 1.04 bits per heavy atom. The Balaban J connectivity index is 1.54.